The molecule has 0 heterocycles. The van der Waals surface area contributed by atoms with Gasteiger partial charge in [-0.15, -0.1) is 0 Å². The summed E-state index contributed by atoms with van der Waals surface area (Å²) in [5.41, 5.74) is 0.194. The molecular weight excluding hydrogens is 290 g/mol. The summed E-state index contributed by atoms with van der Waals surface area (Å²) in [5, 5.41) is 10.1. The number of aryl methyl sites for hydroxylation is 2. The molecule has 1 unspecified atom stereocenters. The number of hydrogen-bond donors (Lipinski definition) is 2. The van der Waals surface area contributed by atoms with Crippen molar-refractivity contribution in [2.45, 2.75) is 51.0 Å². The lowest BCUT2D eigenvalue weighted by atomic mass is 10.0. The summed E-state index contributed by atoms with van der Waals surface area (Å²) in [6, 6.07) is 3.37. The third-order valence-electron chi connectivity index (χ3n) is 3.37. The number of rotatable bonds is 7. The third kappa shape index (κ3) is 4.69. The Labute approximate surface area is 127 Å². The lowest BCUT2D eigenvalue weighted by Gasteiger charge is -2.23. The van der Waals surface area contributed by atoms with E-state index in [0.717, 1.165) is 6.42 Å². The molecule has 120 valence electrons. The molecule has 1 rings (SSSR count). The smallest absolute Gasteiger partial charge is 0.241 e. The van der Waals surface area contributed by atoms with Crippen LogP contribution in [0.25, 0.3) is 0 Å². The van der Waals surface area contributed by atoms with Crippen molar-refractivity contribution in [2.75, 3.05) is 13.7 Å². The zero-order valence-electron chi connectivity index (χ0n) is 13.4. The predicted molar refractivity (Wildman–Crippen MR) is 83.2 cm³/mol. The Balaban J connectivity index is 3.04. The van der Waals surface area contributed by atoms with E-state index in [9.17, 15) is 13.5 Å². The number of ether oxygens (including phenoxy) is 1. The molecule has 0 aliphatic heterocycles. The van der Waals surface area contributed by atoms with Crippen molar-refractivity contribution in [3.63, 3.8) is 0 Å². The predicted octanol–water partition coefficient (Wildman–Crippen LogP) is 2.14. The topological polar surface area (TPSA) is 75.6 Å². The normalized spacial score (nSPS) is 14.8. The molecule has 0 fully saturated rings. The maximum Gasteiger partial charge on any atom is 0.241 e. The quantitative estimate of drug-likeness (QED) is 0.808. The second-order valence-electron chi connectivity index (χ2n) is 5.66. The van der Waals surface area contributed by atoms with Crippen LogP contribution in [0.15, 0.2) is 17.0 Å². The summed E-state index contributed by atoms with van der Waals surface area (Å²) in [5.74, 6) is 0.627. The minimum absolute atomic E-state index is 0.00587. The van der Waals surface area contributed by atoms with Crippen molar-refractivity contribution >= 4 is 10.0 Å². The SMILES string of the molecule is CCCC(C)(O)CNS(=O)(=O)c1c(C)cc(OC)cc1C. The van der Waals surface area contributed by atoms with Crippen LogP contribution in [0.1, 0.15) is 37.8 Å². The molecule has 0 spiro atoms. The molecule has 1 atom stereocenters. The number of sulfonamides is 1. The van der Waals surface area contributed by atoms with E-state index in [1.807, 2.05) is 6.92 Å². The van der Waals surface area contributed by atoms with Gasteiger partial charge in [0.15, 0.2) is 0 Å². The first-order chi connectivity index (χ1) is 9.63. The largest absolute Gasteiger partial charge is 0.497 e. The second kappa shape index (κ2) is 6.77. The molecule has 2 N–H and O–H groups in total. The van der Waals surface area contributed by atoms with Crippen molar-refractivity contribution in [3.8, 4) is 5.75 Å². The molecule has 0 saturated heterocycles. The number of aliphatic hydroxyl groups is 1. The monoisotopic (exact) mass is 315 g/mol. The van der Waals surface area contributed by atoms with E-state index in [1.165, 1.54) is 0 Å². The fraction of sp³-hybridized carbons (Fsp3) is 0.600. The Morgan fingerprint density at radius 3 is 2.24 bits per heavy atom. The van der Waals surface area contributed by atoms with Gasteiger partial charge in [0.05, 0.1) is 17.6 Å². The molecule has 5 nitrogen and oxygen atoms in total. The van der Waals surface area contributed by atoms with Crippen LogP contribution in [0, 0.1) is 13.8 Å². The van der Waals surface area contributed by atoms with Crippen molar-refractivity contribution in [1.82, 2.24) is 4.72 Å². The molecule has 0 radical (unpaired) electrons. The third-order valence-corrected chi connectivity index (χ3v) is 5.08. The number of methoxy groups -OCH3 is 1. The first-order valence-electron chi connectivity index (χ1n) is 7.00. The second-order valence-corrected chi connectivity index (χ2v) is 7.37. The fourth-order valence-electron chi connectivity index (χ4n) is 2.40. The van der Waals surface area contributed by atoms with Gasteiger partial charge >= 0.3 is 0 Å². The van der Waals surface area contributed by atoms with Crippen LogP contribution in [0.5, 0.6) is 5.75 Å². The van der Waals surface area contributed by atoms with E-state index in [0.29, 0.717) is 23.3 Å². The van der Waals surface area contributed by atoms with Gasteiger partial charge in [-0.25, -0.2) is 13.1 Å². The van der Waals surface area contributed by atoms with Crippen LogP contribution in [0.4, 0.5) is 0 Å². The highest BCUT2D eigenvalue weighted by atomic mass is 32.2. The Morgan fingerprint density at radius 1 is 1.29 bits per heavy atom. The van der Waals surface area contributed by atoms with Gasteiger partial charge in [0.25, 0.3) is 0 Å². The van der Waals surface area contributed by atoms with E-state index in [2.05, 4.69) is 4.72 Å². The highest BCUT2D eigenvalue weighted by Gasteiger charge is 2.25. The van der Waals surface area contributed by atoms with E-state index < -0.39 is 15.6 Å². The molecule has 21 heavy (non-hydrogen) atoms. The van der Waals surface area contributed by atoms with Crippen LogP contribution in [0.3, 0.4) is 0 Å². The number of benzene rings is 1. The van der Waals surface area contributed by atoms with Crippen LogP contribution in [-0.2, 0) is 10.0 Å². The molecule has 0 bridgehead atoms. The summed E-state index contributed by atoms with van der Waals surface area (Å²) in [7, 11) is -2.12. The average molecular weight is 315 g/mol. The van der Waals surface area contributed by atoms with Gasteiger partial charge in [-0.05, 0) is 50.5 Å². The van der Waals surface area contributed by atoms with E-state index in [-0.39, 0.29) is 11.4 Å². The Bertz CT molecular complexity index is 571. The van der Waals surface area contributed by atoms with E-state index in [4.69, 9.17) is 4.74 Å². The highest BCUT2D eigenvalue weighted by Crippen LogP contribution is 2.25. The van der Waals surface area contributed by atoms with Gasteiger partial charge in [-0.1, -0.05) is 13.3 Å². The van der Waals surface area contributed by atoms with Crippen LogP contribution in [0.2, 0.25) is 0 Å². The summed E-state index contributed by atoms with van der Waals surface area (Å²) >= 11 is 0. The van der Waals surface area contributed by atoms with Crippen LogP contribution < -0.4 is 9.46 Å². The van der Waals surface area contributed by atoms with Gasteiger partial charge < -0.3 is 9.84 Å². The number of nitrogens with one attached hydrogen (secondary N) is 1. The standard InChI is InChI=1S/C15H25NO4S/c1-6-7-15(4,17)10-16-21(18,19)14-11(2)8-13(20-5)9-12(14)3/h8-9,16-17H,6-7,10H2,1-5H3. The maximum atomic E-state index is 12.5. The van der Waals surface area contributed by atoms with Gasteiger partial charge in [-0.2, -0.15) is 0 Å². The number of hydrogen-bond acceptors (Lipinski definition) is 4. The molecule has 0 amide bonds. The van der Waals surface area contributed by atoms with Gasteiger partial charge in [0.1, 0.15) is 5.75 Å². The van der Waals surface area contributed by atoms with Gasteiger partial charge in [0, 0.05) is 6.54 Å². The summed E-state index contributed by atoms with van der Waals surface area (Å²) < 4.78 is 32.6. The lowest BCUT2D eigenvalue weighted by Crippen LogP contribution is -2.40. The summed E-state index contributed by atoms with van der Waals surface area (Å²) in [6.45, 7) is 7.03. The minimum Gasteiger partial charge on any atom is -0.497 e. The molecule has 6 heteroatoms. The fourth-order valence-corrected chi connectivity index (χ4v) is 4.01. The lowest BCUT2D eigenvalue weighted by molar-refractivity contribution is 0.0554. The Morgan fingerprint density at radius 2 is 1.81 bits per heavy atom. The molecular formula is C15H25NO4S. The first kappa shape index (κ1) is 17.9. The molecule has 0 aliphatic rings. The van der Waals surface area contributed by atoms with E-state index >= 15 is 0 Å². The molecule has 0 saturated carbocycles. The molecule has 1 aromatic rings. The van der Waals surface area contributed by atoms with Crippen molar-refractivity contribution in [1.29, 1.82) is 0 Å². The summed E-state index contributed by atoms with van der Waals surface area (Å²) in [4.78, 5) is 0.246. The molecule has 1 aromatic carbocycles. The van der Waals surface area contributed by atoms with Gasteiger partial charge in [-0.3, -0.25) is 0 Å². The molecule has 0 aromatic heterocycles. The summed E-state index contributed by atoms with van der Waals surface area (Å²) in [6.07, 6.45) is 1.32. The van der Waals surface area contributed by atoms with Crippen LogP contribution >= 0.6 is 0 Å². The van der Waals surface area contributed by atoms with Crippen molar-refractivity contribution in [3.05, 3.63) is 23.3 Å². The van der Waals surface area contributed by atoms with Crippen LogP contribution in [-0.4, -0.2) is 32.8 Å². The van der Waals surface area contributed by atoms with Crippen molar-refractivity contribution in [2.24, 2.45) is 0 Å². The Kier molecular flexibility index (Phi) is 5.78. The first-order valence-corrected chi connectivity index (χ1v) is 8.48. The highest BCUT2D eigenvalue weighted by molar-refractivity contribution is 7.89. The zero-order valence-corrected chi connectivity index (χ0v) is 14.2. The maximum absolute atomic E-state index is 12.5. The van der Waals surface area contributed by atoms with E-state index in [1.54, 1.807) is 40.0 Å². The van der Waals surface area contributed by atoms with Gasteiger partial charge in [0.2, 0.25) is 10.0 Å². The average Bonchev–Trinajstić information content (AvgIpc) is 2.35. The van der Waals surface area contributed by atoms with Crippen molar-refractivity contribution < 1.29 is 18.3 Å². The zero-order chi connectivity index (χ0) is 16.3. The Hall–Kier alpha value is -1.11. The minimum atomic E-state index is -3.66. The molecule has 0 aliphatic carbocycles.